The molecule has 0 saturated heterocycles. The Morgan fingerprint density at radius 1 is 1.35 bits per heavy atom. The number of nitro groups is 1. The highest BCUT2D eigenvalue weighted by atomic mass is 19.4. The molecule has 20 heavy (non-hydrogen) atoms. The molecular weight excluding hydrogens is 277 g/mol. The summed E-state index contributed by atoms with van der Waals surface area (Å²) < 4.78 is 43.6. The lowest BCUT2D eigenvalue weighted by Gasteiger charge is -2.11. The number of aryl methyl sites for hydroxylation is 1. The number of hydrogen-bond donors (Lipinski definition) is 0. The molecule has 2 aromatic rings. The van der Waals surface area contributed by atoms with Crippen LogP contribution in [-0.4, -0.2) is 22.8 Å². The van der Waals surface area contributed by atoms with Crippen LogP contribution in [-0.2, 0) is 6.54 Å². The lowest BCUT2D eigenvalue weighted by molar-refractivity contribution is -0.383. The van der Waals surface area contributed by atoms with Crippen molar-refractivity contribution in [1.82, 2.24) is 4.57 Å². The fraction of sp³-hybridized carbons (Fsp3) is 0.333. The number of ether oxygens (including phenoxy) is 1. The first-order chi connectivity index (χ1) is 9.23. The summed E-state index contributed by atoms with van der Waals surface area (Å²) in [6.07, 6.45) is -4.41. The minimum atomic E-state index is -4.41. The van der Waals surface area contributed by atoms with E-state index in [-0.39, 0.29) is 22.3 Å². The molecule has 1 aromatic heterocycles. The van der Waals surface area contributed by atoms with Crippen LogP contribution in [0.2, 0.25) is 0 Å². The second-order valence-electron chi connectivity index (χ2n) is 4.32. The number of non-ortho nitro benzene ring substituents is 1. The van der Waals surface area contributed by atoms with Crippen LogP contribution >= 0.6 is 0 Å². The maximum Gasteiger partial charge on any atom is 0.406 e. The monoisotopic (exact) mass is 288 g/mol. The Labute approximate surface area is 111 Å². The molecule has 5 nitrogen and oxygen atoms in total. The average Bonchev–Trinajstić information content (AvgIpc) is 2.63. The molecule has 0 radical (unpaired) electrons. The van der Waals surface area contributed by atoms with Crippen molar-refractivity contribution < 1.29 is 22.8 Å². The highest BCUT2D eigenvalue weighted by Crippen LogP contribution is 2.34. The van der Waals surface area contributed by atoms with Gasteiger partial charge in [-0.2, -0.15) is 13.2 Å². The van der Waals surface area contributed by atoms with Gasteiger partial charge in [-0.1, -0.05) is 0 Å². The zero-order valence-electron chi connectivity index (χ0n) is 10.7. The van der Waals surface area contributed by atoms with E-state index < -0.39 is 17.6 Å². The fourth-order valence-corrected chi connectivity index (χ4v) is 2.10. The summed E-state index contributed by atoms with van der Waals surface area (Å²) in [6.45, 7) is 0.272. The van der Waals surface area contributed by atoms with Crippen molar-refractivity contribution in [3.05, 3.63) is 34.0 Å². The van der Waals surface area contributed by atoms with Crippen LogP contribution in [0.5, 0.6) is 5.75 Å². The van der Waals surface area contributed by atoms with E-state index in [0.29, 0.717) is 5.69 Å². The number of hydrogen-bond acceptors (Lipinski definition) is 3. The van der Waals surface area contributed by atoms with Crippen LogP contribution in [0.1, 0.15) is 5.69 Å². The number of fused-ring (bicyclic) bond motifs is 1. The number of benzene rings is 1. The second-order valence-corrected chi connectivity index (χ2v) is 4.32. The molecule has 1 heterocycles. The third kappa shape index (κ3) is 2.54. The molecule has 0 aliphatic rings. The van der Waals surface area contributed by atoms with Gasteiger partial charge in [0.15, 0.2) is 0 Å². The average molecular weight is 288 g/mol. The van der Waals surface area contributed by atoms with Crippen LogP contribution in [0.15, 0.2) is 18.2 Å². The molecule has 0 aliphatic carbocycles. The molecule has 0 N–H and O–H groups in total. The SMILES string of the molecule is COc1cc([N+](=O)[O-])c2cc(C)n(CC(F)(F)F)c2c1. The second kappa shape index (κ2) is 4.69. The minimum absolute atomic E-state index is 0.130. The molecule has 0 atom stereocenters. The van der Waals surface area contributed by atoms with Crippen molar-refractivity contribution in [3.8, 4) is 5.75 Å². The van der Waals surface area contributed by atoms with Gasteiger partial charge in [0.2, 0.25) is 0 Å². The van der Waals surface area contributed by atoms with Crippen LogP contribution in [0.4, 0.5) is 18.9 Å². The molecule has 1 aromatic carbocycles. The first-order valence-electron chi connectivity index (χ1n) is 5.62. The number of alkyl halides is 3. The number of methoxy groups -OCH3 is 1. The highest BCUT2D eigenvalue weighted by Gasteiger charge is 2.30. The Morgan fingerprint density at radius 2 is 2.00 bits per heavy atom. The van der Waals surface area contributed by atoms with E-state index in [9.17, 15) is 23.3 Å². The van der Waals surface area contributed by atoms with Crippen molar-refractivity contribution in [1.29, 1.82) is 0 Å². The normalized spacial score (nSPS) is 11.8. The van der Waals surface area contributed by atoms with Gasteiger partial charge >= 0.3 is 6.18 Å². The standard InChI is InChI=1S/C12H11F3N2O3/c1-7-3-9-10(16(7)6-12(13,14)15)4-8(20-2)5-11(9)17(18)19/h3-5H,6H2,1-2H3. The topological polar surface area (TPSA) is 57.3 Å². The van der Waals surface area contributed by atoms with E-state index in [0.717, 1.165) is 4.57 Å². The maximum atomic E-state index is 12.6. The summed E-state index contributed by atoms with van der Waals surface area (Å²) in [4.78, 5) is 10.4. The Bertz CT molecular complexity index is 677. The molecule has 0 bridgehead atoms. The predicted molar refractivity (Wildman–Crippen MR) is 65.9 cm³/mol. The van der Waals surface area contributed by atoms with Crippen LogP contribution in [0, 0.1) is 17.0 Å². The van der Waals surface area contributed by atoms with Gasteiger partial charge in [-0.15, -0.1) is 0 Å². The molecule has 0 saturated carbocycles. The van der Waals surface area contributed by atoms with Gasteiger partial charge in [0.1, 0.15) is 12.3 Å². The van der Waals surface area contributed by atoms with E-state index in [1.807, 2.05) is 0 Å². The van der Waals surface area contributed by atoms with Crippen molar-refractivity contribution >= 4 is 16.6 Å². The minimum Gasteiger partial charge on any atom is -0.496 e. The highest BCUT2D eigenvalue weighted by molar-refractivity contribution is 5.91. The number of rotatable bonds is 3. The number of aromatic nitrogens is 1. The van der Waals surface area contributed by atoms with E-state index in [2.05, 4.69) is 0 Å². The quantitative estimate of drug-likeness (QED) is 0.642. The van der Waals surface area contributed by atoms with E-state index in [1.54, 1.807) is 0 Å². The molecule has 0 aliphatic heterocycles. The van der Waals surface area contributed by atoms with Crippen molar-refractivity contribution in [3.63, 3.8) is 0 Å². The summed E-state index contributed by atoms with van der Waals surface area (Å²) in [7, 11) is 1.30. The summed E-state index contributed by atoms with van der Waals surface area (Å²) in [6, 6.07) is 3.93. The van der Waals surface area contributed by atoms with Gasteiger partial charge in [0.05, 0.1) is 29.0 Å². The van der Waals surface area contributed by atoms with Crippen LogP contribution < -0.4 is 4.74 Å². The molecule has 0 amide bonds. The number of nitro benzene ring substituents is 1. The summed E-state index contributed by atoms with van der Waals surface area (Å²) in [5, 5.41) is 11.2. The van der Waals surface area contributed by atoms with E-state index >= 15 is 0 Å². The number of halogens is 3. The molecule has 2 rings (SSSR count). The zero-order chi connectivity index (χ0) is 15.1. The van der Waals surface area contributed by atoms with Gasteiger partial charge in [0, 0.05) is 11.8 Å². The van der Waals surface area contributed by atoms with Gasteiger partial charge in [-0.25, -0.2) is 0 Å². The fourth-order valence-electron chi connectivity index (χ4n) is 2.10. The van der Waals surface area contributed by atoms with Gasteiger partial charge in [0.25, 0.3) is 5.69 Å². The lowest BCUT2D eigenvalue weighted by atomic mass is 10.2. The van der Waals surface area contributed by atoms with Crippen molar-refractivity contribution in [2.75, 3.05) is 7.11 Å². The first-order valence-corrected chi connectivity index (χ1v) is 5.62. The molecule has 0 fully saturated rings. The predicted octanol–water partition coefficient (Wildman–Crippen LogP) is 3.43. The molecule has 0 unspecified atom stereocenters. The Balaban J connectivity index is 2.74. The molecule has 0 spiro atoms. The maximum absolute atomic E-state index is 12.6. The van der Waals surface area contributed by atoms with Crippen molar-refractivity contribution in [2.45, 2.75) is 19.6 Å². The van der Waals surface area contributed by atoms with Gasteiger partial charge in [-0.05, 0) is 13.0 Å². The Morgan fingerprint density at radius 3 is 2.50 bits per heavy atom. The summed E-state index contributed by atoms with van der Waals surface area (Å²) >= 11 is 0. The summed E-state index contributed by atoms with van der Waals surface area (Å²) in [5.41, 5.74) is 0.155. The van der Waals surface area contributed by atoms with E-state index in [1.165, 1.54) is 32.2 Å². The molecule has 8 heteroatoms. The van der Waals surface area contributed by atoms with Crippen molar-refractivity contribution in [2.24, 2.45) is 0 Å². The molecular formula is C12H11F3N2O3. The van der Waals surface area contributed by atoms with Crippen LogP contribution in [0.3, 0.4) is 0 Å². The molecule has 108 valence electrons. The Kier molecular flexibility index (Phi) is 3.33. The summed E-state index contributed by atoms with van der Waals surface area (Å²) in [5.74, 6) is 0.144. The van der Waals surface area contributed by atoms with Gasteiger partial charge < -0.3 is 9.30 Å². The number of nitrogens with zero attached hydrogens (tertiary/aromatic N) is 2. The lowest BCUT2D eigenvalue weighted by Crippen LogP contribution is -2.18. The van der Waals surface area contributed by atoms with E-state index in [4.69, 9.17) is 4.74 Å². The van der Waals surface area contributed by atoms with Gasteiger partial charge in [-0.3, -0.25) is 10.1 Å². The smallest absolute Gasteiger partial charge is 0.406 e. The van der Waals surface area contributed by atoms with Crippen LogP contribution in [0.25, 0.3) is 10.9 Å². The third-order valence-corrected chi connectivity index (χ3v) is 2.95. The third-order valence-electron chi connectivity index (χ3n) is 2.95. The Hall–Kier alpha value is -2.25. The first kappa shape index (κ1) is 14.2. The zero-order valence-corrected chi connectivity index (χ0v) is 10.7. The largest absolute Gasteiger partial charge is 0.496 e.